The number of ether oxygens (including phenoxy) is 2. The molecule has 2 fully saturated rings. The fourth-order valence-electron chi connectivity index (χ4n) is 6.74. The van der Waals surface area contributed by atoms with E-state index in [1.54, 1.807) is 12.4 Å². The number of piperazine rings is 1. The lowest BCUT2D eigenvalue weighted by Gasteiger charge is -2.40. The number of nitrogens with zero attached hydrogens (tertiary/aromatic N) is 4. The molecule has 6 rings (SSSR count). The lowest BCUT2D eigenvalue weighted by Crippen LogP contribution is -2.50. The van der Waals surface area contributed by atoms with Gasteiger partial charge in [0.15, 0.2) is 6.29 Å². The highest BCUT2D eigenvalue weighted by Crippen LogP contribution is 2.39. The summed E-state index contributed by atoms with van der Waals surface area (Å²) in [5, 5.41) is 15.4. The van der Waals surface area contributed by atoms with Crippen LogP contribution in [0.25, 0.3) is 11.1 Å². The predicted octanol–water partition coefficient (Wildman–Crippen LogP) is 5.32. The van der Waals surface area contributed by atoms with Crippen LogP contribution in [-0.4, -0.2) is 77.2 Å². The van der Waals surface area contributed by atoms with E-state index in [9.17, 15) is 14.7 Å². The Bertz CT molecular complexity index is 1710. The smallest absolute Gasteiger partial charge is 0.225 e. The Kier molecular flexibility index (Phi) is 13.3. The van der Waals surface area contributed by atoms with Gasteiger partial charge in [0.05, 0.1) is 18.8 Å². The monoisotopic (exact) mass is 706 g/mol. The molecular weight excluding hydrogens is 656 g/mol. The van der Waals surface area contributed by atoms with Crippen molar-refractivity contribution in [1.82, 2.24) is 25.5 Å². The Labute approximate surface area is 306 Å². The molecule has 4 aromatic rings. The maximum atomic E-state index is 12.4. The molecule has 0 radical (unpaired) electrons. The van der Waals surface area contributed by atoms with Crippen LogP contribution >= 0.6 is 0 Å². The highest BCUT2D eigenvalue weighted by molar-refractivity contribution is 5.76. The van der Waals surface area contributed by atoms with Crippen molar-refractivity contribution in [2.24, 2.45) is 0 Å². The third kappa shape index (κ3) is 10.7. The molecule has 3 atom stereocenters. The van der Waals surface area contributed by atoms with Crippen LogP contribution in [0.15, 0.2) is 91.3 Å². The number of aromatic nitrogens is 2. The van der Waals surface area contributed by atoms with E-state index in [-0.39, 0.29) is 30.6 Å². The van der Waals surface area contributed by atoms with Crippen molar-refractivity contribution in [3.63, 3.8) is 0 Å². The molecule has 0 bridgehead atoms. The highest BCUT2D eigenvalue weighted by atomic mass is 16.7. The van der Waals surface area contributed by atoms with Crippen molar-refractivity contribution in [2.45, 2.75) is 70.7 Å². The Balaban J connectivity index is 1.06. The van der Waals surface area contributed by atoms with Gasteiger partial charge in [-0.25, -0.2) is 9.97 Å². The molecular formula is C41H50N6O5. The molecule has 2 aliphatic heterocycles. The first kappa shape index (κ1) is 37.1. The van der Waals surface area contributed by atoms with Crippen LogP contribution in [0.3, 0.4) is 0 Å². The van der Waals surface area contributed by atoms with Crippen LogP contribution in [-0.2, 0) is 32.2 Å². The standard InChI is InChI=1S/C41H50N6O5/c1-30(49)42-18-4-2-3-9-39(50)45-27-32-7-5-8-36(25-32)33-14-16-35(17-15-33)40-51-37(26-38(52-40)34-12-10-31(29-48)11-13-34)28-46-21-23-47(24-22-46)41-43-19-6-20-44-41/h5-8,10-17,19-20,25,37-38,40,48H,2-4,9,18,21-24,26-29H2,1H3,(H,42,49)(H,45,50). The van der Waals surface area contributed by atoms with Crippen molar-refractivity contribution < 1.29 is 24.2 Å². The second-order valence-electron chi connectivity index (χ2n) is 13.6. The van der Waals surface area contributed by atoms with Gasteiger partial charge in [-0.2, -0.15) is 0 Å². The minimum absolute atomic E-state index is 0.00703. The van der Waals surface area contributed by atoms with Gasteiger partial charge in [0, 0.05) is 83.5 Å². The maximum Gasteiger partial charge on any atom is 0.225 e. The van der Waals surface area contributed by atoms with Gasteiger partial charge in [-0.15, -0.1) is 0 Å². The molecule has 3 aromatic carbocycles. The van der Waals surface area contributed by atoms with E-state index in [1.165, 1.54) is 6.92 Å². The molecule has 11 heteroatoms. The molecule has 3 N–H and O–H groups in total. The normalized spacial score (nSPS) is 19.3. The average Bonchev–Trinajstić information content (AvgIpc) is 3.19. The van der Waals surface area contributed by atoms with Crippen molar-refractivity contribution in [2.75, 3.05) is 44.2 Å². The fourth-order valence-corrected chi connectivity index (χ4v) is 6.74. The van der Waals surface area contributed by atoms with Crippen LogP contribution < -0.4 is 15.5 Å². The van der Waals surface area contributed by atoms with Crippen LogP contribution in [0.1, 0.15) is 73.7 Å². The van der Waals surface area contributed by atoms with E-state index in [0.717, 1.165) is 97.7 Å². The van der Waals surface area contributed by atoms with Crippen molar-refractivity contribution in [3.8, 4) is 11.1 Å². The quantitative estimate of drug-likeness (QED) is 0.141. The molecule has 1 aromatic heterocycles. The minimum Gasteiger partial charge on any atom is -0.392 e. The largest absolute Gasteiger partial charge is 0.392 e. The summed E-state index contributed by atoms with van der Waals surface area (Å²) in [5.74, 6) is 0.785. The predicted molar refractivity (Wildman–Crippen MR) is 200 cm³/mol. The van der Waals surface area contributed by atoms with E-state index in [4.69, 9.17) is 9.47 Å². The number of aliphatic hydroxyl groups is 1. The zero-order valence-corrected chi connectivity index (χ0v) is 30.0. The van der Waals surface area contributed by atoms with Crippen molar-refractivity contribution in [3.05, 3.63) is 114 Å². The van der Waals surface area contributed by atoms with Crippen molar-refractivity contribution >= 4 is 17.8 Å². The number of aliphatic hydroxyl groups excluding tert-OH is 1. The van der Waals surface area contributed by atoms with Gasteiger partial charge in [-0.05, 0) is 52.8 Å². The summed E-state index contributed by atoms with van der Waals surface area (Å²) >= 11 is 0. The van der Waals surface area contributed by atoms with Gasteiger partial charge >= 0.3 is 0 Å². The minimum atomic E-state index is -0.527. The Morgan fingerprint density at radius 3 is 2.29 bits per heavy atom. The van der Waals surface area contributed by atoms with Crippen molar-refractivity contribution in [1.29, 1.82) is 0 Å². The first-order chi connectivity index (χ1) is 25.4. The fraction of sp³-hybridized carbons (Fsp3) is 0.415. The topological polar surface area (TPSA) is 129 Å². The summed E-state index contributed by atoms with van der Waals surface area (Å²) in [5.41, 5.74) is 6.08. The number of nitrogens with one attached hydrogen (secondary N) is 2. The van der Waals surface area contributed by atoms with Gasteiger partial charge < -0.3 is 30.1 Å². The molecule has 11 nitrogen and oxygen atoms in total. The number of rotatable bonds is 15. The molecule has 3 heterocycles. The summed E-state index contributed by atoms with van der Waals surface area (Å²) in [7, 11) is 0. The molecule has 0 aliphatic carbocycles. The Morgan fingerprint density at radius 2 is 1.56 bits per heavy atom. The highest BCUT2D eigenvalue weighted by Gasteiger charge is 2.34. The number of hydrogen-bond donors (Lipinski definition) is 3. The summed E-state index contributed by atoms with van der Waals surface area (Å²) in [6.07, 6.45) is 6.64. The van der Waals surface area contributed by atoms with Gasteiger partial charge in [0.1, 0.15) is 0 Å². The van der Waals surface area contributed by atoms with E-state index in [2.05, 4.69) is 66.8 Å². The van der Waals surface area contributed by atoms with E-state index in [0.29, 0.717) is 19.5 Å². The van der Waals surface area contributed by atoms with Gasteiger partial charge in [-0.3, -0.25) is 14.5 Å². The molecule has 0 saturated carbocycles. The molecule has 2 aliphatic rings. The van der Waals surface area contributed by atoms with E-state index < -0.39 is 6.29 Å². The van der Waals surface area contributed by atoms with Crippen LogP contribution in [0.5, 0.6) is 0 Å². The summed E-state index contributed by atoms with van der Waals surface area (Å²) in [6, 6.07) is 26.4. The number of anilines is 1. The van der Waals surface area contributed by atoms with Gasteiger partial charge in [-0.1, -0.05) is 73.2 Å². The summed E-state index contributed by atoms with van der Waals surface area (Å²) in [6.45, 7) is 6.96. The van der Waals surface area contributed by atoms with Crippen LogP contribution in [0.2, 0.25) is 0 Å². The SMILES string of the molecule is CC(=O)NCCCCCC(=O)NCc1cccc(-c2ccc(C3OC(CN4CCN(c5ncccn5)CC4)CC(c4ccc(CO)cc4)O3)cc2)c1. The number of hydrogen-bond acceptors (Lipinski definition) is 9. The molecule has 52 heavy (non-hydrogen) atoms. The number of amides is 2. The van der Waals surface area contributed by atoms with Gasteiger partial charge in [0.25, 0.3) is 0 Å². The second kappa shape index (κ2) is 18.7. The lowest BCUT2D eigenvalue weighted by atomic mass is 9.98. The lowest BCUT2D eigenvalue weighted by molar-refractivity contribution is -0.253. The molecule has 3 unspecified atom stereocenters. The first-order valence-electron chi connectivity index (χ1n) is 18.4. The number of benzene rings is 3. The van der Waals surface area contributed by atoms with E-state index in [1.807, 2.05) is 42.5 Å². The zero-order valence-electron chi connectivity index (χ0n) is 30.0. The van der Waals surface area contributed by atoms with Gasteiger partial charge in [0.2, 0.25) is 17.8 Å². The van der Waals surface area contributed by atoms with Crippen LogP contribution in [0.4, 0.5) is 5.95 Å². The van der Waals surface area contributed by atoms with E-state index >= 15 is 0 Å². The van der Waals surface area contributed by atoms with Crippen LogP contribution in [0, 0.1) is 0 Å². The number of carbonyl (C=O) groups excluding carboxylic acids is 2. The molecule has 2 amide bonds. The Hall–Kier alpha value is -4.68. The number of unbranched alkanes of at least 4 members (excludes halogenated alkanes) is 2. The Morgan fingerprint density at radius 1 is 0.808 bits per heavy atom. The third-order valence-corrected chi connectivity index (χ3v) is 9.67. The average molecular weight is 707 g/mol. The zero-order chi connectivity index (χ0) is 36.1. The number of carbonyl (C=O) groups is 2. The molecule has 274 valence electrons. The summed E-state index contributed by atoms with van der Waals surface area (Å²) < 4.78 is 13.3. The maximum absolute atomic E-state index is 12.4. The second-order valence-corrected chi connectivity index (χ2v) is 13.6. The first-order valence-corrected chi connectivity index (χ1v) is 18.4. The molecule has 2 saturated heterocycles. The molecule has 0 spiro atoms. The summed E-state index contributed by atoms with van der Waals surface area (Å²) in [4.78, 5) is 36.9. The third-order valence-electron chi connectivity index (χ3n) is 9.67.